The van der Waals surface area contributed by atoms with E-state index in [-0.39, 0.29) is 18.0 Å². The summed E-state index contributed by atoms with van der Waals surface area (Å²) in [6.45, 7) is -0.809. The number of likely N-dealkylation sites (N-methyl/N-ethyl adjacent to an activating group) is 1. The van der Waals surface area contributed by atoms with Gasteiger partial charge in [0.1, 0.15) is 27.6 Å². The van der Waals surface area contributed by atoms with Gasteiger partial charge in [0.25, 0.3) is 0 Å². The molecule has 3 aliphatic heterocycles. The van der Waals surface area contributed by atoms with Gasteiger partial charge in [-0.05, 0) is 18.6 Å². The summed E-state index contributed by atoms with van der Waals surface area (Å²) in [6.07, 6.45) is -3.63. The molecule has 1 aromatic rings. The number of aliphatic hydroxyl groups is 2. The number of halogens is 1. The van der Waals surface area contributed by atoms with Crippen LogP contribution in [-0.4, -0.2) is 82.7 Å². The van der Waals surface area contributed by atoms with Crippen LogP contribution in [0.1, 0.15) is 19.8 Å². The van der Waals surface area contributed by atoms with Crippen LogP contribution in [0.2, 0.25) is 0 Å². The van der Waals surface area contributed by atoms with Crippen LogP contribution in [0.3, 0.4) is 0 Å². The third-order valence-corrected chi connectivity index (χ3v) is 7.03. The zero-order chi connectivity index (χ0) is 21.7. The van der Waals surface area contributed by atoms with Crippen LogP contribution in [0.5, 0.6) is 11.5 Å². The van der Waals surface area contributed by atoms with Crippen molar-refractivity contribution < 1.29 is 36.8 Å². The molecule has 2 N–H and O–H groups in total. The van der Waals surface area contributed by atoms with Crippen molar-refractivity contribution >= 4 is 27.9 Å². The highest BCUT2D eigenvalue weighted by atomic mass is 79.9. The third kappa shape index (κ3) is 2.35. The number of rotatable bonds is 2. The minimum Gasteiger partial charge on any atom is -0.454 e. The Labute approximate surface area is 171 Å². The molecule has 0 radical (unpaired) electrons. The lowest BCUT2D eigenvalue weighted by molar-refractivity contribution is -0.125. The summed E-state index contributed by atoms with van der Waals surface area (Å²) < 4.78 is 32.2. The molecule has 28 heavy (non-hydrogen) atoms. The number of urea groups is 1. The van der Waals surface area contributed by atoms with Crippen molar-refractivity contribution in [1.82, 2.24) is 9.80 Å². The van der Waals surface area contributed by atoms with Crippen LogP contribution in [0.25, 0.3) is 0 Å². The van der Waals surface area contributed by atoms with Gasteiger partial charge in [-0.1, -0.05) is 15.9 Å². The molecule has 0 spiro atoms. The predicted molar refractivity (Wildman–Crippen MR) is 97.1 cm³/mol. The van der Waals surface area contributed by atoms with E-state index in [4.69, 9.17) is 17.0 Å². The molecule has 2 saturated heterocycles. The van der Waals surface area contributed by atoms with Crippen molar-refractivity contribution in [2.45, 2.75) is 43.3 Å². The number of fused-ring (bicyclic) bond motifs is 2. The minimum atomic E-state index is -2.31. The first kappa shape index (κ1) is 16.0. The number of hydrogen-bond acceptors (Lipinski definition) is 7. The highest BCUT2D eigenvalue weighted by Crippen LogP contribution is 2.53. The average molecular weight is 457 g/mol. The van der Waals surface area contributed by atoms with Crippen molar-refractivity contribution in [3.63, 3.8) is 0 Å². The van der Waals surface area contributed by atoms with Gasteiger partial charge in [0.2, 0.25) is 12.7 Å². The number of hydrogen-bond donors (Lipinski definition) is 2. The molecule has 0 aromatic heterocycles. The summed E-state index contributed by atoms with van der Waals surface area (Å²) in [5.41, 5.74) is 1.19. The number of imide groups is 1. The molecule has 3 heterocycles. The molecule has 6 atom stereocenters. The van der Waals surface area contributed by atoms with E-state index in [1.807, 2.05) is 0 Å². The molecule has 1 aliphatic carbocycles. The first-order chi connectivity index (χ1) is 14.0. The second kappa shape index (κ2) is 6.06. The van der Waals surface area contributed by atoms with Gasteiger partial charge in [-0.25, -0.2) is 4.79 Å². The maximum atomic E-state index is 12.7. The highest BCUT2D eigenvalue weighted by molar-refractivity contribution is 9.10. The lowest BCUT2D eigenvalue weighted by Crippen LogP contribution is -2.58. The van der Waals surface area contributed by atoms with E-state index in [2.05, 4.69) is 15.9 Å². The smallest absolute Gasteiger partial charge is 0.327 e. The van der Waals surface area contributed by atoms with Gasteiger partial charge in [0.15, 0.2) is 11.5 Å². The number of aliphatic hydroxyl groups excluding tert-OH is 2. The summed E-state index contributed by atoms with van der Waals surface area (Å²) in [5, 5.41) is 21.3. The number of epoxide rings is 1. The molecule has 4 aliphatic rings. The molecular formula is C18H19BrN2O7. The van der Waals surface area contributed by atoms with E-state index in [0.29, 0.717) is 15.6 Å². The van der Waals surface area contributed by atoms with Crippen LogP contribution in [-0.2, 0) is 9.53 Å². The van der Waals surface area contributed by atoms with Gasteiger partial charge in [-0.2, -0.15) is 0 Å². The fourth-order valence-electron chi connectivity index (χ4n) is 4.42. The molecule has 9 nitrogen and oxygen atoms in total. The summed E-state index contributed by atoms with van der Waals surface area (Å²) >= 11 is 3.52. The molecule has 5 rings (SSSR count). The molecule has 1 saturated carbocycles. The maximum absolute atomic E-state index is 12.7. The topological polar surface area (TPSA) is 112 Å². The Morgan fingerprint density at radius 2 is 2.00 bits per heavy atom. The Kier molecular flexibility index (Phi) is 3.46. The van der Waals surface area contributed by atoms with Gasteiger partial charge < -0.3 is 29.3 Å². The second-order valence-corrected chi connectivity index (χ2v) is 8.24. The largest absolute Gasteiger partial charge is 0.454 e. The maximum Gasteiger partial charge on any atom is 0.327 e. The van der Waals surface area contributed by atoms with Crippen LogP contribution in [0.15, 0.2) is 10.5 Å². The molecule has 0 bridgehead atoms. The molecule has 1 aromatic carbocycles. The summed E-state index contributed by atoms with van der Waals surface area (Å²) in [7, 11) is 1.37. The first-order valence-electron chi connectivity index (χ1n) is 9.81. The zero-order valence-corrected chi connectivity index (χ0v) is 16.5. The van der Waals surface area contributed by atoms with Crippen LogP contribution < -0.4 is 9.47 Å². The molecule has 10 heteroatoms. The number of benzene rings is 1. The van der Waals surface area contributed by atoms with Crippen molar-refractivity contribution in [2.24, 2.45) is 0 Å². The van der Waals surface area contributed by atoms with Gasteiger partial charge in [-0.3, -0.25) is 9.69 Å². The first-order valence-corrected chi connectivity index (χ1v) is 9.61. The highest BCUT2D eigenvalue weighted by Gasteiger charge is 2.63. The Hall–Kier alpha value is -1.88. The molecule has 3 amide bonds. The van der Waals surface area contributed by atoms with Gasteiger partial charge in [0, 0.05) is 23.0 Å². The fourth-order valence-corrected chi connectivity index (χ4v) is 4.98. The zero-order valence-electron chi connectivity index (χ0n) is 17.0. The standard InChI is InChI=1S/C18H19BrN2O7/c1-6-11(19)7(3-8-15(6)27-5-26-8)10-12(13(23)14(24)17-16(10)28-17)21-4-9(22)20(2)18(21)25/h3,10,12-14,16-17,23-24H,4-5H2,1-2H3/t10-,12-,13+,14+,16+,17-/m1/s1/i5D2. The van der Waals surface area contributed by atoms with Crippen molar-refractivity contribution in [3.8, 4) is 11.5 Å². The minimum absolute atomic E-state index is 0.188. The lowest BCUT2D eigenvalue weighted by Gasteiger charge is -2.41. The summed E-state index contributed by atoms with van der Waals surface area (Å²) in [4.78, 5) is 27.0. The Balaban J connectivity index is 1.62. The third-order valence-electron chi connectivity index (χ3n) is 5.98. The van der Waals surface area contributed by atoms with Gasteiger partial charge >= 0.3 is 6.03 Å². The number of nitrogens with zero attached hydrogens (tertiary/aromatic N) is 2. The van der Waals surface area contributed by atoms with Crippen molar-refractivity contribution in [2.75, 3.05) is 20.3 Å². The number of carbonyl (C=O) groups is 2. The number of amides is 3. The van der Waals surface area contributed by atoms with E-state index in [0.717, 1.165) is 4.90 Å². The Bertz CT molecular complexity index is 976. The molecule has 0 unspecified atom stereocenters. The second-order valence-electron chi connectivity index (χ2n) is 7.45. The normalized spacial score (nSPS) is 39.0. The summed E-state index contributed by atoms with van der Waals surface area (Å²) in [5.74, 6) is -0.560. The fraction of sp³-hybridized carbons (Fsp3) is 0.556. The van der Waals surface area contributed by atoms with E-state index >= 15 is 0 Å². The average Bonchev–Trinajstić information content (AvgIpc) is 3.35. The number of carbonyl (C=O) groups excluding carboxylic acids is 2. The lowest BCUT2D eigenvalue weighted by atomic mass is 9.75. The van der Waals surface area contributed by atoms with Crippen LogP contribution in [0.4, 0.5) is 4.79 Å². The van der Waals surface area contributed by atoms with E-state index in [9.17, 15) is 19.8 Å². The van der Waals surface area contributed by atoms with E-state index in [1.54, 1.807) is 13.0 Å². The van der Waals surface area contributed by atoms with Gasteiger partial charge in [-0.15, -0.1) is 0 Å². The molecule has 150 valence electrons. The Morgan fingerprint density at radius 3 is 2.68 bits per heavy atom. The summed E-state index contributed by atoms with van der Waals surface area (Å²) in [6, 6.07) is 0.0905. The molecular weight excluding hydrogens is 436 g/mol. The monoisotopic (exact) mass is 456 g/mol. The van der Waals surface area contributed by atoms with Crippen LogP contribution in [0, 0.1) is 6.92 Å². The quantitative estimate of drug-likeness (QED) is 0.487. The van der Waals surface area contributed by atoms with E-state index in [1.165, 1.54) is 11.9 Å². The SMILES string of the molecule is [2H]C1([2H])Oc2cc([C@H]3[C@@H]4O[C@@H]4[C@@H](O)[C@@H](O)[C@@H]3N3CC(=O)N(C)C3=O)c(Br)c(C)c2O1. The predicted octanol–water partition coefficient (Wildman–Crippen LogP) is 0.335. The molecule has 3 fully saturated rings. The van der Waals surface area contributed by atoms with Crippen molar-refractivity contribution in [3.05, 3.63) is 21.7 Å². The van der Waals surface area contributed by atoms with Crippen molar-refractivity contribution in [1.29, 1.82) is 0 Å². The van der Waals surface area contributed by atoms with E-state index < -0.39 is 55.1 Å². The van der Waals surface area contributed by atoms with Crippen LogP contribution >= 0.6 is 15.9 Å². The Morgan fingerprint density at radius 1 is 1.25 bits per heavy atom. The van der Waals surface area contributed by atoms with Gasteiger partial charge in [0.05, 0.1) is 12.1 Å². The number of ether oxygens (including phenoxy) is 3.